The maximum Gasteiger partial charge on any atom is 0.0755 e. The highest BCUT2D eigenvalue weighted by molar-refractivity contribution is 6.13. The highest BCUT2D eigenvalue weighted by Gasteiger charge is 2.54. The molecule has 0 amide bonds. The van der Waals surface area contributed by atoms with Crippen LogP contribution in [0.2, 0.25) is 0 Å². The molecule has 1 aromatic heterocycles. The lowest BCUT2D eigenvalue weighted by atomic mass is 9.65. The first kappa shape index (κ1) is 41.7. The highest BCUT2D eigenvalue weighted by Crippen LogP contribution is 2.66. The fourth-order valence-electron chi connectivity index (χ4n) is 14.8. The molecule has 76 heavy (non-hydrogen) atoms. The van der Waals surface area contributed by atoms with Crippen LogP contribution in [0, 0.1) is 0 Å². The van der Waals surface area contributed by atoms with Gasteiger partial charge in [0, 0.05) is 27.6 Å². The van der Waals surface area contributed by atoms with Crippen LogP contribution in [0.5, 0.6) is 0 Å². The third kappa shape index (κ3) is 5.20. The molecule has 2 nitrogen and oxygen atoms in total. The zero-order valence-electron chi connectivity index (χ0n) is 41.5. The van der Waals surface area contributed by atoms with E-state index in [0.717, 1.165) is 28.2 Å². The molecule has 0 N–H and O–H groups in total. The summed E-state index contributed by atoms with van der Waals surface area (Å²) in [5.74, 6) is 0. The zero-order valence-corrected chi connectivity index (χ0v) is 41.5. The average molecular weight is 963 g/mol. The van der Waals surface area contributed by atoms with Gasteiger partial charge in [0.1, 0.15) is 0 Å². The Hall–Kier alpha value is -9.76. The number of nitrogens with zero attached hydrogens (tertiary/aromatic N) is 2. The van der Waals surface area contributed by atoms with Crippen molar-refractivity contribution in [3.05, 3.63) is 324 Å². The number of hydrogen-bond acceptors (Lipinski definition) is 1. The molecule has 2 heterocycles. The summed E-state index contributed by atoms with van der Waals surface area (Å²) >= 11 is 0. The molecule has 2 spiro atoms. The standard InChI is InChI=1S/C74H46N2/c1-2-21-47(22-3-1)48-23-18-24-49(45-48)51-25-8-15-39-67(51)75(70-42-20-37-64-71(70)58-30-7-13-35-62(58)73(64)59-32-10-4-26-52(59)53-27-5-11-33-60(53)73)50-43-44-55-54-28-6-12-34-61(54)74(66(55)46-50)63-36-14-17-41-69(63)76-68-40-16-9-29-56(68)57-31-19-38-65(74)72(57)76/h1-46H. The van der Waals surface area contributed by atoms with Gasteiger partial charge in [-0.25, -0.2) is 0 Å². The van der Waals surface area contributed by atoms with Crippen molar-refractivity contribution in [2.75, 3.05) is 4.90 Å². The Morgan fingerprint density at radius 1 is 0.276 bits per heavy atom. The first-order valence-corrected chi connectivity index (χ1v) is 26.6. The van der Waals surface area contributed by atoms with Crippen LogP contribution in [0.15, 0.2) is 279 Å². The maximum atomic E-state index is 2.61. The topological polar surface area (TPSA) is 8.17 Å². The van der Waals surface area contributed by atoms with Gasteiger partial charge < -0.3 is 9.47 Å². The van der Waals surface area contributed by atoms with Crippen molar-refractivity contribution in [3.8, 4) is 61.3 Å². The van der Waals surface area contributed by atoms with E-state index >= 15 is 0 Å². The second-order valence-corrected chi connectivity index (χ2v) is 21.0. The first-order chi connectivity index (χ1) is 37.7. The summed E-state index contributed by atoms with van der Waals surface area (Å²) in [5.41, 5.74) is 28.9. The summed E-state index contributed by atoms with van der Waals surface area (Å²) < 4.78 is 2.54. The second-order valence-electron chi connectivity index (χ2n) is 21.0. The Kier molecular flexibility index (Phi) is 8.44. The minimum Gasteiger partial charge on any atom is -0.309 e. The summed E-state index contributed by atoms with van der Waals surface area (Å²) in [6.45, 7) is 0. The van der Waals surface area contributed by atoms with Gasteiger partial charge >= 0.3 is 0 Å². The molecular formula is C74H46N2. The maximum absolute atomic E-state index is 2.61. The quantitative estimate of drug-likeness (QED) is 0.167. The van der Waals surface area contributed by atoms with E-state index in [4.69, 9.17) is 0 Å². The van der Waals surface area contributed by atoms with Gasteiger partial charge in [-0.2, -0.15) is 0 Å². The summed E-state index contributed by atoms with van der Waals surface area (Å²) in [5, 5.41) is 2.55. The van der Waals surface area contributed by atoms with E-state index in [1.807, 2.05) is 0 Å². The van der Waals surface area contributed by atoms with Crippen LogP contribution < -0.4 is 4.90 Å². The van der Waals surface area contributed by atoms with E-state index in [2.05, 4.69) is 289 Å². The molecular weight excluding hydrogens is 917 g/mol. The van der Waals surface area contributed by atoms with Crippen molar-refractivity contribution in [1.82, 2.24) is 4.57 Å². The van der Waals surface area contributed by atoms with Gasteiger partial charge in [-0.05, 0) is 131 Å². The normalized spacial score (nSPS) is 15.3. The number of fused-ring (bicyclic) bond motifs is 22. The molecule has 4 aliphatic rings. The number of hydrogen-bond donors (Lipinski definition) is 0. The van der Waals surface area contributed by atoms with E-state index in [-0.39, 0.29) is 0 Å². The molecule has 3 aliphatic carbocycles. The molecule has 1 atom stereocenters. The summed E-state index contributed by atoms with van der Waals surface area (Å²) in [6, 6.07) is 105. The monoisotopic (exact) mass is 962 g/mol. The molecule has 0 bridgehead atoms. The van der Waals surface area contributed by atoms with Crippen LogP contribution in [0.25, 0.3) is 83.1 Å². The molecule has 1 unspecified atom stereocenters. The van der Waals surface area contributed by atoms with Crippen molar-refractivity contribution in [2.24, 2.45) is 0 Å². The van der Waals surface area contributed by atoms with Gasteiger partial charge in [0.2, 0.25) is 0 Å². The van der Waals surface area contributed by atoms with Gasteiger partial charge in [0.25, 0.3) is 0 Å². The lowest BCUT2D eigenvalue weighted by Crippen LogP contribution is -2.33. The number of aromatic nitrogens is 1. The van der Waals surface area contributed by atoms with E-state index in [0.29, 0.717) is 0 Å². The second kappa shape index (κ2) is 15.4. The molecule has 17 rings (SSSR count). The fourth-order valence-corrected chi connectivity index (χ4v) is 14.8. The molecule has 0 fully saturated rings. The number of benzene rings is 12. The lowest BCUT2D eigenvalue weighted by molar-refractivity contribution is 0.748. The molecule has 0 saturated heterocycles. The van der Waals surface area contributed by atoms with Gasteiger partial charge in [-0.3, -0.25) is 0 Å². The number of para-hydroxylation sites is 4. The average Bonchev–Trinajstić information content (AvgIpc) is 4.27. The molecule has 1 aliphatic heterocycles. The van der Waals surface area contributed by atoms with Gasteiger partial charge in [-0.1, -0.05) is 237 Å². The Morgan fingerprint density at radius 3 is 1.51 bits per heavy atom. The number of anilines is 3. The van der Waals surface area contributed by atoms with Crippen LogP contribution in [0.3, 0.4) is 0 Å². The van der Waals surface area contributed by atoms with Crippen LogP contribution in [0.1, 0.15) is 44.5 Å². The van der Waals surface area contributed by atoms with Crippen molar-refractivity contribution in [3.63, 3.8) is 0 Å². The predicted molar refractivity (Wildman–Crippen MR) is 313 cm³/mol. The van der Waals surface area contributed by atoms with E-state index < -0.39 is 10.8 Å². The van der Waals surface area contributed by atoms with Crippen LogP contribution in [0.4, 0.5) is 17.1 Å². The summed E-state index contributed by atoms with van der Waals surface area (Å²) in [4.78, 5) is 2.61. The summed E-state index contributed by atoms with van der Waals surface area (Å²) in [6.07, 6.45) is 0. The van der Waals surface area contributed by atoms with Gasteiger partial charge in [-0.15, -0.1) is 0 Å². The molecule has 12 aromatic carbocycles. The molecule has 0 saturated carbocycles. The Balaban J connectivity index is 0.982. The third-order valence-electron chi connectivity index (χ3n) is 17.6. The number of rotatable bonds is 5. The largest absolute Gasteiger partial charge is 0.309 e. The zero-order chi connectivity index (χ0) is 49.7. The Labute approximate surface area is 441 Å². The van der Waals surface area contributed by atoms with E-state index in [9.17, 15) is 0 Å². The molecule has 352 valence electrons. The third-order valence-corrected chi connectivity index (χ3v) is 17.6. The van der Waals surface area contributed by atoms with Crippen LogP contribution in [-0.4, -0.2) is 4.57 Å². The van der Waals surface area contributed by atoms with Crippen LogP contribution in [-0.2, 0) is 10.8 Å². The molecule has 0 radical (unpaired) electrons. The smallest absolute Gasteiger partial charge is 0.0755 e. The minimum absolute atomic E-state index is 0.503. The lowest BCUT2D eigenvalue weighted by Gasteiger charge is -2.40. The molecule has 2 heteroatoms. The molecule has 13 aromatic rings. The van der Waals surface area contributed by atoms with Gasteiger partial charge in [0.15, 0.2) is 0 Å². The van der Waals surface area contributed by atoms with Gasteiger partial charge in [0.05, 0.1) is 38.9 Å². The van der Waals surface area contributed by atoms with E-state index in [1.54, 1.807) is 0 Å². The minimum atomic E-state index is -0.621. The Bertz CT molecular complexity index is 4570. The summed E-state index contributed by atoms with van der Waals surface area (Å²) in [7, 11) is 0. The van der Waals surface area contributed by atoms with Crippen LogP contribution >= 0.6 is 0 Å². The first-order valence-electron chi connectivity index (χ1n) is 26.6. The Morgan fingerprint density at radius 2 is 0.763 bits per heavy atom. The van der Waals surface area contributed by atoms with Crippen molar-refractivity contribution in [1.29, 1.82) is 0 Å². The van der Waals surface area contributed by atoms with E-state index in [1.165, 1.54) is 117 Å². The van der Waals surface area contributed by atoms with Crippen molar-refractivity contribution < 1.29 is 0 Å². The SMILES string of the molecule is c1ccc(-c2cccc(-c3ccccc3N(c3ccc4c(c3)C3(c5ccccc5-4)c4ccccc4-n4c5ccccc5c5cccc3c54)c3cccc4c3-c3ccccc3C43c4ccccc4-c4ccccc43)c2)cc1. The fraction of sp³-hybridized carbons (Fsp3) is 0.0270. The predicted octanol–water partition coefficient (Wildman–Crippen LogP) is 18.6. The van der Waals surface area contributed by atoms with Crippen molar-refractivity contribution in [2.45, 2.75) is 10.8 Å². The van der Waals surface area contributed by atoms with Crippen molar-refractivity contribution >= 4 is 38.9 Å². The highest BCUT2D eigenvalue weighted by atomic mass is 15.1.